The molecule has 1 N–H and O–H groups in total. The summed E-state index contributed by atoms with van der Waals surface area (Å²) in [4.78, 5) is 14.6. The minimum atomic E-state index is -1.02. The zero-order chi connectivity index (χ0) is 21.0. The van der Waals surface area contributed by atoms with E-state index in [1.165, 1.54) is 0 Å². The molecule has 0 spiro atoms. The maximum Gasteiger partial charge on any atom is 0.275 e. The van der Waals surface area contributed by atoms with Crippen LogP contribution in [0, 0.1) is 6.92 Å². The van der Waals surface area contributed by atoms with E-state index in [0.29, 0.717) is 54.7 Å². The molecule has 1 aliphatic rings. The van der Waals surface area contributed by atoms with Crippen LogP contribution in [0.1, 0.15) is 48.7 Å². The number of amides is 1. The minimum absolute atomic E-state index is 0.129. The topological polar surface area (TPSA) is 67.6 Å². The van der Waals surface area contributed by atoms with E-state index in [1.54, 1.807) is 21.8 Å². The fourth-order valence-corrected chi connectivity index (χ4v) is 3.90. The highest BCUT2D eigenvalue weighted by Crippen LogP contribution is 2.29. The van der Waals surface area contributed by atoms with Crippen LogP contribution in [0.5, 0.6) is 5.75 Å². The predicted octanol–water partition coefficient (Wildman–Crippen LogP) is 4.34. The Morgan fingerprint density at radius 1 is 1.28 bits per heavy atom. The second-order valence-corrected chi connectivity index (χ2v) is 8.50. The third-order valence-electron chi connectivity index (χ3n) is 5.16. The van der Waals surface area contributed by atoms with Crippen molar-refractivity contribution < 1.29 is 14.6 Å². The minimum Gasteiger partial charge on any atom is -0.489 e. The molecule has 158 valence electrons. The van der Waals surface area contributed by atoms with E-state index in [0.717, 1.165) is 12.0 Å². The quantitative estimate of drug-likeness (QED) is 0.726. The Morgan fingerprint density at radius 3 is 2.83 bits per heavy atom. The number of aryl methyl sites for hydroxylation is 2. The van der Waals surface area contributed by atoms with Gasteiger partial charge < -0.3 is 14.7 Å². The van der Waals surface area contributed by atoms with Gasteiger partial charge in [0.15, 0.2) is 5.69 Å². The molecule has 0 radical (unpaired) electrons. The maximum atomic E-state index is 12.9. The summed E-state index contributed by atoms with van der Waals surface area (Å²) in [5, 5.41) is 16.2. The molecule has 8 heteroatoms. The van der Waals surface area contributed by atoms with Crippen LogP contribution in [0.25, 0.3) is 0 Å². The molecule has 1 aliphatic heterocycles. The van der Waals surface area contributed by atoms with E-state index >= 15 is 0 Å². The fourth-order valence-electron chi connectivity index (χ4n) is 3.49. The Kier molecular flexibility index (Phi) is 7.09. The van der Waals surface area contributed by atoms with Crippen molar-refractivity contribution in [3.05, 3.63) is 45.7 Å². The lowest BCUT2D eigenvalue weighted by molar-refractivity contribution is -0.0163. The second kappa shape index (κ2) is 9.37. The number of carbonyl (C=O) groups excluding carboxylic acids is 1. The molecule has 1 unspecified atom stereocenters. The summed E-state index contributed by atoms with van der Waals surface area (Å²) in [7, 11) is 0. The lowest BCUT2D eigenvalue weighted by Gasteiger charge is -2.27. The van der Waals surface area contributed by atoms with Crippen LogP contribution in [0.2, 0.25) is 10.0 Å². The molecule has 1 fully saturated rings. The summed E-state index contributed by atoms with van der Waals surface area (Å²) in [6, 6.07) is 5.55. The largest absolute Gasteiger partial charge is 0.489 e. The molecular formula is C21H27Cl2N3O3. The zero-order valence-electron chi connectivity index (χ0n) is 16.8. The van der Waals surface area contributed by atoms with Crippen LogP contribution in [-0.2, 0) is 6.54 Å². The molecular weight excluding hydrogens is 413 g/mol. The van der Waals surface area contributed by atoms with E-state index in [1.807, 2.05) is 26.0 Å². The van der Waals surface area contributed by atoms with E-state index in [2.05, 4.69) is 5.10 Å². The highest BCUT2D eigenvalue weighted by Gasteiger charge is 2.33. The molecule has 6 nitrogen and oxygen atoms in total. The molecule has 1 aromatic carbocycles. The summed E-state index contributed by atoms with van der Waals surface area (Å²) < 4.78 is 7.52. The number of rotatable bonds is 6. The van der Waals surface area contributed by atoms with Gasteiger partial charge in [-0.15, -0.1) is 0 Å². The Morgan fingerprint density at radius 2 is 2.07 bits per heavy atom. The summed E-state index contributed by atoms with van der Waals surface area (Å²) in [6.07, 6.45) is 4.22. The third-order valence-corrected chi connectivity index (χ3v) is 5.75. The first-order chi connectivity index (χ1) is 13.8. The molecule has 0 aliphatic carbocycles. The number of benzene rings is 1. The molecule has 0 saturated carbocycles. The predicted molar refractivity (Wildman–Crippen MR) is 114 cm³/mol. The van der Waals surface area contributed by atoms with Gasteiger partial charge in [-0.25, -0.2) is 0 Å². The van der Waals surface area contributed by atoms with Gasteiger partial charge in [-0.3, -0.25) is 9.48 Å². The van der Waals surface area contributed by atoms with Crippen LogP contribution in [0.15, 0.2) is 24.4 Å². The van der Waals surface area contributed by atoms with Crippen molar-refractivity contribution in [1.29, 1.82) is 0 Å². The summed E-state index contributed by atoms with van der Waals surface area (Å²) >= 11 is 12.4. The maximum absolute atomic E-state index is 12.9. The first-order valence-corrected chi connectivity index (χ1v) is 10.7. The number of hydrogen-bond acceptors (Lipinski definition) is 4. The van der Waals surface area contributed by atoms with Gasteiger partial charge in [-0.2, -0.15) is 5.10 Å². The SMILES string of the molecule is CCCn1cc(Cl)c(C(=O)N2CCCC(O)(COc3cc(C)ccc3Cl)CC2)n1. The fraction of sp³-hybridized carbons (Fsp3) is 0.524. The van der Waals surface area contributed by atoms with Crippen molar-refractivity contribution in [3.8, 4) is 5.75 Å². The van der Waals surface area contributed by atoms with Gasteiger partial charge in [0.05, 0.1) is 10.0 Å². The summed E-state index contributed by atoms with van der Waals surface area (Å²) in [6.45, 7) is 5.80. The molecule has 1 saturated heterocycles. The Labute approximate surface area is 181 Å². The van der Waals surface area contributed by atoms with Gasteiger partial charge in [0, 0.05) is 25.8 Å². The van der Waals surface area contributed by atoms with Gasteiger partial charge in [0.2, 0.25) is 0 Å². The highest BCUT2D eigenvalue weighted by molar-refractivity contribution is 6.33. The monoisotopic (exact) mass is 439 g/mol. The van der Waals surface area contributed by atoms with E-state index in [4.69, 9.17) is 27.9 Å². The van der Waals surface area contributed by atoms with E-state index in [-0.39, 0.29) is 18.2 Å². The number of aliphatic hydroxyl groups is 1. The van der Waals surface area contributed by atoms with Crippen LogP contribution in [0.3, 0.4) is 0 Å². The standard InChI is InChI=1S/C21H27Cl2N3O3/c1-3-9-26-13-17(23)19(24-26)20(27)25-10-4-7-21(28,8-11-25)14-29-18-12-15(2)5-6-16(18)22/h5-6,12-13,28H,3-4,7-11,14H2,1-2H3. The zero-order valence-corrected chi connectivity index (χ0v) is 18.3. The van der Waals surface area contributed by atoms with Crippen LogP contribution in [0.4, 0.5) is 0 Å². The number of hydrogen-bond donors (Lipinski definition) is 1. The number of likely N-dealkylation sites (tertiary alicyclic amines) is 1. The lowest BCUT2D eigenvalue weighted by atomic mass is 9.96. The molecule has 3 rings (SSSR count). The van der Waals surface area contributed by atoms with Gasteiger partial charge >= 0.3 is 0 Å². The van der Waals surface area contributed by atoms with Gasteiger partial charge in [-0.1, -0.05) is 36.2 Å². The third kappa shape index (κ3) is 5.44. The first-order valence-electron chi connectivity index (χ1n) is 9.95. The van der Waals surface area contributed by atoms with Crippen LogP contribution >= 0.6 is 23.2 Å². The van der Waals surface area contributed by atoms with Crippen molar-refractivity contribution in [1.82, 2.24) is 14.7 Å². The smallest absolute Gasteiger partial charge is 0.275 e. The number of aromatic nitrogens is 2. The summed E-state index contributed by atoms with van der Waals surface area (Å²) in [5.74, 6) is 0.363. The number of halogens is 2. The normalized spacial score (nSPS) is 19.8. The molecule has 1 amide bonds. The van der Waals surface area contributed by atoms with Crippen molar-refractivity contribution in [2.45, 2.75) is 51.7 Å². The Hall–Kier alpha value is -1.76. The van der Waals surface area contributed by atoms with Crippen LogP contribution in [-0.4, -0.2) is 51.0 Å². The Balaban J connectivity index is 1.63. The van der Waals surface area contributed by atoms with E-state index in [9.17, 15) is 9.90 Å². The van der Waals surface area contributed by atoms with Gasteiger partial charge in [0.25, 0.3) is 5.91 Å². The molecule has 1 aromatic heterocycles. The van der Waals surface area contributed by atoms with Gasteiger partial charge in [0.1, 0.15) is 18.0 Å². The van der Waals surface area contributed by atoms with E-state index < -0.39 is 5.60 Å². The Bertz CT molecular complexity index is 871. The average Bonchev–Trinajstić information content (AvgIpc) is 2.93. The number of carbonyl (C=O) groups is 1. The molecule has 1 atom stereocenters. The first kappa shape index (κ1) is 21.9. The second-order valence-electron chi connectivity index (χ2n) is 7.68. The highest BCUT2D eigenvalue weighted by atomic mass is 35.5. The van der Waals surface area contributed by atoms with Crippen LogP contribution < -0.4 is 4.74 Å². The molecule has 2 aromatic rings. The molecule has 29 heavy (non-hydrogen) atoms. The van der Waals surface area contributed by atoms with Crippen molar-refractivity contribution in [2.24, 2.45) is 0 Å². The lowest BCUT2D eigenvalue weighted by Crippen LogP contribution is -2.38. The van der Waals surface area contributed by atoms with Crippen molar-refractivity contribution in [2.75, 3.05) is 19.7 Å². The van der Waals surface area contributed by atoms with Crippen molar-refractivity contribution in [3.63, 3.8) is 0 Å². The number of ether oxygens (including phenoxy) is 1. The molecule has 2 heterocycles. The van der Waals surface area contributed by atoms with Crippen molar-refractivity contribution >= 4 is 29.1 Å². The number of nitrogens with zero attached hydrogens (tertiary/aromatic N) is 3. The summed E-state index contributed by atoms with van der Waals surface area (Å²) in [5.41, 5.74) is 0.287. The van der Waals surface area contributed by atoms with Gasteiger partial charge in [-0.05, 0) is 50.3 Å². The average molecular weight is 440 g/mol. The molecule has 0 bridgehead atoms.